The maximum atomic E-state index is 11.3. The number of thioether (sulfide) groups is 1. The zero-order valence-electron chi connectivity index (χ0n) is 11.5. The summed E-state index contributed by atoms with van der Waals surface area (Å²) in [5.41, 5.74) is 0.901. The fourth-order valence-corrected chi connectivity index (χ4v) is 3.33. The quantitative estimate of drug-likeness (QED) is 0.830. The molecule has 0 amide bonds. The van der Waals surface area contributed by atoms with Gasteiger partial charge >= 0.3 is 0 Å². The molecule has 0 aromatic heterocycles. The molecule has 0 unspecified atom stereocenters. The summed E-state index contributed by atoms with van der Waals surface area (Å²) in [4.78, 5) is 11.3. The maximum absolute atomic E-state index is 11.3. The van der Waals surface area contributed by atoms with Gasteiger partial charge in [0.2, 0.25) is 0 Å². The van der Waals surface area contributed by atoms with Gasteiger partial charge in [-0.15, -0.1) is 0 Å². The number of hydrogen-bond acceptors (Lipinski definition) is 4. The van der Waals surface area contributed by atoms with Crippen molar-refractivity contribution in [1.29, 1.82) is 0 Å². The van der Waals surface area contributed by atoms with E-state index in [2.05, 4.69) is 0 Å². The van der Waals surface area contributed by atoms with Crippen molar-refractivity contribution in [2.45, 2.75) is 32.3 Å². The highest BCUT2D eigenvalue weighted by Gasteiger charge is 2.18. The van der Waals surface area contributed by atoms with Gasteiger partial charge in [0.15, 0.2) is 11.5 Å². The van der Waals surface area contributed by atoms with Crippen LogP contribution in [0.3, 0.4) is 0 Å². The van der Waals surface area contributed by atoms with Crippen molar-refractivity contribution >= 4 is 17.5 Å². The lowest BCUT2D eigenvalue weighted by atomic mass is 10.1. The first-order chi connectivity index (χ1) is 9.20. The van der Waals surface area contributed by atoms with E-state index in [-0.39, 0.29) is 11.9 Å². The SMILES string of the molecule is COc1c(CC(C)=O)cccc1OC1CCSCC1. The molecular weight excluding hydrogens is 260 g/mol. The molecule has 0 N–H and O–H groups in total. The second kappa shape index (κ2) is 6.85. The van der Waals surface area contributed by atoms with Gasteiger partial charge in [-0.05, 0) is 37.3 Å². The molecule has 0 atom stereocenters. The number of ether oxygens (including phenoxy) is 2. The molecule has 1 aliphatic heterocycles. The van der Waals surface area contributed by atoms with Crippen LogP contribution in [0.15, 0.2) is 18.2 Å². The molecule has 0 bridgehead atoms. The maximum Gasteiger partial charge on any atom is 0.164 e. The van der Waals surface area contributed by atoms with E-state index in [9.17, 15) is 4.79 Å². The third kappa shape index (κ3) is 3.90. The molecule has 1 fully saturated rings. The summed E-state index contributed by atoms with van der Waals surface area (Å²) in [6.45, 7) is 1.59. The number of carbonyl (C=O) groups is 1. The molecule has 1 saturated heterocycles. The summed E-state index contributed by atoms with van der Waals surface area (Å²) in [6, 6.07) is 5.77. The lowest BCUT2D eigenvalue weighted by molar-refractivity contribution is -0.116. The minimum Gasteiger partial charge on any atom is -0.493 e. The second-order valence-electron chi connectivity index (χ2n) is 4.76. The molecular formula is C15H20O3S. The van der Waals surface area contributed by atoms with E-state index < -0.39 is 0 Å². The Labute approximate surface area is 118 Å². The molecule has 4 heteroatoms. The van der Waals surface area contributed by atoms with Crippen LogP contribution < -0.4 is 9.47 Å². The number of benzene rings is 1. The summed E-state index contributed by atoms with van der Waals surface area (Å²) in [5.74, 6) is 3.90. The van der Waals surface area contributed by atoms with Crippen LogP contribution in [0.1, 0.15) is 25.3 Å². The Morgan fingerprint density at radius 3 is 2.74 bits per heavy atom. The van der Waals surface area contributed by atoms with E-state index in [0.717, 1.165) is 35.7 Å². The molecule has 0 aliphatic carbocycles. The smallest absolute Gasteiger partial charge is 0.164 e. The third-order valence-corrected chi connectivity index (χ3v) is 4.21. The number of hydrogen-bond donors (Lipinski definition) is 0. The standard InChI is InChI=1S/C15H20O3S/c1-11(16)10-12-4-3-5-14(15(12)17-2)18-13-6-8-19-9-7-13/h3-5,13H,6-10H2,1-2H3. The van der Waals surface area contributed by atoms with Gasteiger partial charge in [-0.3, -0.25) is 4.79 Å². The first kappa shape index (κ1) is 14.3. The Balaban J connectivity index is 2.16. The molecule has 2 rings (SSSR count). The van der Waals surface area contributed by atoms with E-state index in [1.807, 2.05) is 30.0 Å². The zero-order valence-corrected chi connectivity index (χ0v) is 12.3. The van der Waals surface area contributed by atoms with Crippen LogP contribution in [-0.2, 0) is 11.2 Å². The van der Waals surface area contributed by atoms with Crippen LogP contribution in [0.4, 0.5) is 0 Å². The summed E-state index contributed by atoms with van der Waals surface area (Å²) in [7, 11) is 1.63. The van der Waals surface area contributed by atoms with E-state index in [0.29, 0.717) is 12.2 Å². The van der Waals surface area contributed by atoms with E-state index >= 15 is 0 Å². The molecule has 1 aromatic carbocycles. The van der Waals surface area contributed by atoms with Gasteiger partial charge in [0.05, 0.1) is 7.11 Å². The fraction of sp³-hybridized carbons (Fsp3) is 0.533. The van der Waals surface area contributed by atoms with Crippen molar-refractivity contribution in [2.24, 2.45) is 0 Å². The minimum atomic E-state index is 0.129. The van der Waals surface area contributed by atoms with E-state index in [1.54, 1.807) is 14.0 Å². The van der Waals surface area contributed by atoms with Crippen molar-refractivity contribution in [3.8, 4) is 11.5 Å². The van der Waals surface area contributed by atoms with Gasteiger partial charge in [0.25, 0.3) is 0 Å². The molecule has 104 valence electrons. The second-order valence-corrected chi connectivity index (χ2v) is 5.98. The average molecular weight is 280 g/mol. The van der Waals surface area contributed by atoms with Crippen molar-refractivity contribution in [1.82, 2.24) is 0 Å². The number of ketones is 1. The molecule has 3 nitrogen and oxygen atoms in total. The Morgan fingerprint density at radius 2 is 2.11 bits per heavy atom. The highest BCUT2D eigenvalue weighted by atomic mass is 32.2. The van der Waals surface area contributed by atoms with E-state index in [1.165, 1.54) is 0 Å². The Bertz CT molecular complexity index is 439. The predicted molar refractivity (Wildman–Crippen MR) is 78.4 cm³/mol. The summed E-state index contributed by atoms with van der Waals surface area (Å²) in [6.07, 6.45) is 2.80. The zero-order chi connectivity index (χ0) is 13.7. The molecule has 0 radical (unpaired) electrons. The van der Waals surface area contributed by atoms with Crippen LogP contribution in [0.25, 0.3) is 0 Å². The van der Waals surface area contributed by atoms with Crippen LogP contribution in [0, 0.1) is 0 Å². The van der Waals surface area contributed by atoms with Gasteiger partial charge in [0.1, 0.15) is 11.9 Å². The van der Waals surface area contributed by atoms with Gasteiger partial charge in [-0.1, -0.05) is 12.1 Å². The summed E-state index contributed by atoms with van der Waals surface area (Å²) >= 11 is 1.97. The Kier molecular flexibility index (Phi) is 5.14. The van der Waals surface area contributed by atoms with Crippen LogP contribution in [0.5, 0.6) is 11.5 Å². The molecule has 1 aromatic rings. The topological polar surface area (TPSA) is 35.5 Å². The van der Waals surface area contributed by atoms with Crippen LogP contribution in [0.2, 0.25) is 0 Å². The number of methoxy groups -OCH3 is 1. The number of para-hydroxylation sites is 1. The number of rotatable bonds is 5. The molecule has 1 heterocycles. The van der Waals surface area contributed by atoms with Crippen molar-refractivity contribution in [3.63, 3.8) is 0 Å². The van der Waals surface area contributed by atoms with Crippen molar-refractivity contribution in [3.05, 3.63) is 23.8 Å². The van der Waals surface area contributed by atoms with Crippen molar-refractivity contribution in [2.75, 3.05) is 18.6 Å². The summed E-state index contributed by atoms with van der Waals surface area (Å²) < 4.78 is 11.5. The van der Waals surface area contributed by atoms with E-state index in [4.69, 9.17) is 9.47 Å². The van der Waals surface area contributed by atoms with Gasteiger partial charge in [-0.2, -0.15) is 11.8 Å². The number of Topliss-reactive ketones (excluding diaryl/α,β-unsaturated/α-hetero) is 1. The number of carbonyl (C=O) groups excluding carboxylic acids is 1. The van der Waals surface area contributed by atoms with Gasteiger partial charge in [0, 0.05) is 12.0 Å². The van der Waals surface area contributed by atoms with Crippen LogP contribution >= 0.6 is 11.8 Å². The predicted octanol–water partition coefficient (Wildman–Crippen LogP) is 3.10. The molecule has 19 heavy (non-hydrogen) atoms. The Hall–Kier alpha value is -1.16. The highest BCUT2D eigenvalue weighted by molar-refractivity contribution is 7.99. The fourth-order valence-electron chi connectivity index (χ4n) is 2.27. The monoisotopic (exact) mass is 280 g/mol. The Morgan fingerprint density at radius 1 is 1.37 bits per heavy atom. The normalized spacial score (nSPS) is 16.1. The first-order valence-electron chi connectivity index (χ1n) is 6.60. The van der Waals surface area contributed by atoms with Crippen molar-refractivity contribution < 1.29 is 14.3 Å². The molecule has 0 saturated carbocycles. The lowest BCUT2D eigenvalue weighted by Gasteiger charge is -2.24. The summed E-state index contributed by atoms with van der Waals surface area (Å²) in [5, 5.41) is 0. The molecule has 0 spiro atoms. The van der Waals surface area contributed by atoms with Gasteiger partial charge in [-0.25, -0.2) is 0 Å². The average Bonchev–Trinajstić information content (AvgIpc) is 2.39. The third-order valence-electron chi connectivity index (χ3n) is 3.17. The largest absolute Gasteiger partial charge is 0.493 e. The van der Waals surface area contributed by atoms with Gasteiger partial charge < -0.3 is 9.47 Å². The first-order valence-corrected chi connectivity index (χ1v) is 7.76. The lowest BCUT2D eigenvalue weighted by Crippen LogP contribution is -2.22. The highest BCUT2D eigenvalue weighted by Crippen LogP contribution is 2.34. The molecule has 1 aliphatic rings. The minimum absolute atomic E-state index is 0.129. The van der Waals surface area contributed by atoms with Crippen LogP contribution in [-0.4, -0.2) is 30.5 Å².